The van der Waals surface area contributed by atoms with Gasteiger partial charge in [0.25, 0.3) is 0 Å². The molecule has 3 N–H and O–H groups in total. The second-order valence-corrected chi connectivity index (χ2v) is 5.08. The van der Waals surface area contributed by atoms with Crippen LogP contribution in [0.15, 0.2) is 24.3 Å². The van der Waals surface area contributed by atoms with Gasteiger partial charge in [-0.1, -0.05) is 6.07 Å². The molecule has 0 amide bonds. The fourth-order valence-corrected chi connectivity index (χ4v) is 2.27. The van der Waals surface area contributed by atoms with E-state index in [9.17, 15) is 5.11 Å². The molecule has 0 aliphatic carbocycles. The van der Waals surface area contributed by atoms with Crippen molar-refractivity contribution in [3.8, 4) is 11.5 Å². The average molecular weight is 280 g/mol. The molecule has 5 nitrogen and oxygen atoms in total. The molecule has 0 radical (unpaired) electrons. The molecule has 112 valence electrons. The third-order valence-corrected chi connectivity index (χ3v) is 3.46. The first-order valence-corrected chi connectivity index (χ1v) is 7.17. The Morgan fingerprint density at radius 1 is 1.35 bits per heavy atom. The molecule has 2 rings (SSSR count). The van der Waals surface area contributed by atoms with Crippen LogP contribution in [0.4, 0.5) is 0 Å². The third-order valence-electron chi connectivity index (χ3n) is 3.46. The van der Waals surface area contributed by atoms with Gasteiger partial charge in [0, 0.05) is 18.7 Å². The lowest BCUT2D eigenvalue weighted by molar-refractivity contribution is 0.102. The predicted molar refractivity (Wildman–Crippen MR) is 78.4 cm³/mol. The first-order chi connectivity index (χ1) is 9.78. The maximum atomic E-state index is 9.93. The van der Waals surface area contributed by atoms with Gasteiger partial charge in [-0.15, -0.1) is 0 Å². The standard InChI is InChI=1S/C15H24N2O3/c1-19-14-3-2-4-15(9-14)20-11-13(18)10-17-12-5-7-16-8-6-12/h2-4,9,12-13,16-18H,5-8,10-11H2,1H3. The van der Waals surface area contributed by atoms with Crippen molar-refractivity contribution in [2.75, 3.05) is 33.4 Å². The molecule has 1 aliphatic heterocycles. The number of benzene rings is 1. The van der Waals surface area contributed by atoms with Crippen LogP contribution in [0, 0.1) is 0 Å². The van der Waals surface area contributed by atoms with Gasteiger partial charge < -0.3 is 25.2 Å². The number of nitrogens with one attached hydrogen (secondary N) is 2. The van der Waals surface area contributed by atoms with E-state index < -0.39 is 6.10 Å². The zero-order valence-electron chi connectivity index (χ0n) is 12.0. The van der Waals surface area contributed by atoms with E-state index >= 15 is 0 Å². The van der Waals surface area contributed by atoms with Crippen LogP contribution >= 0.6 is 0 Å². The van der Waals surface area contributed by atoms with Crippen LogP contribution in [0.25, 0.3) is 0 Å². The molecule has 1 atom stereocenters. The van der Waals surface area contributed by atoms with Gasteiger partial charge in [-0.2, -0.15) is 0 Å². The quantitative estimate of drug-likeness (QED) is 0.689. The minimum Gasteiger partial charge on any atom is -0.497 e. The molecule has 5 heteroatoms. The van der Waals surface area contributed by atoms with E-state index in [1.807, 2.05) is 24.3 Å². The minimum absolute atomic E-state index is 0.283. The zero-order valence-corrected chi connectivity index (χ0v) is 12.0. The fraction of sp³-hybridized carbons (Fsp3) is 0.600. The molecule has 20 heavy (non-hydrogen) atoms. The van der Waals surface area contributed by atoms with Gasteiger partial charge in [-0.05, 0) is 38.1 Å². The van der Waals surface area contributed by atoms with E-state index in [0.717, 1.165) is 31.7 Å². The average Bonchev–Trinajstić information content (AvgIpc) is 2.52. The van der Waals surface area contributed by atoms with Crippen LogP contribution in [-0.4, -0.2) is 50.6 Å². The molecular formula is C15H24N2O3. The van der Waals surface area contributed by atoms with Gasteiger partial charge >= 0.3 is 0 Å². The molecule has 1 aliphatic rings. The van der Waals surface area contributed by atoms with Gasteiger partial charge in [0.05, 0.1) is 7.11 Å². The number of aliphatic hydroxyl groups excluding tert-OH is 1. The summed E-state index contributed by atoms with van der Waals surface area (Å²) in [5.41, 5.74) is 0. The second kappa shape index (κ2) is 8.09. The number of hydrogen-bond acceptors (Lipinski definition) is 5. The van der Waals surface area contributed by atoms with Gasteiger partial charge in [-0.3, -0.25) is 0 Å². The first-order valence-electron chi connectivity index (χ1n) is 7.17. The largest absolute Gasteiger partial charge is 0.497 e. The van der Waals surface area contributed by atoms with Crippen molar-refractivity contribution >= 4 is 0 Å². The number of rotatable bonds is 7. The summed E-state index contributed by atoms with van der Waals surface area (Å²) in [6.07, 6.45) is 1.73. The summed E-state index contributed by atoms with van der Waals surface area (Å²) in [5.74, 6) is 1.47. The van der Waals surface area contributed by atoms with E-state index in [-0.39, 0.29) is 6.61 Å². The lowest BCUT2D eigenvalue weighted by atomic mass is 10.1. The van der Waals surface area contributed by atoms with Crippen molar-refractivity contribution in [1.29, 1.82) is 0 Å². The Morgan fingerprint density at radius 2 is 2.10 bits per heavy atom. The highest BCUT2D eigenvalue weighted by atomic mass is 16.5. The van der Waals surface area contributed by atoms with Crippen molar-refractivity contribution in [2.24, 2.45) is 0 Å². The van der Waals surface area contributed by atoms with Crippen LogP contribution in [0.3, 0.4) is 0 Å². The number of piperidine rings is 1. The third kappa shape index (κ3) is 5.00. The molecule has 1 unspecified atom stereocenters. The number of hydrogen-bond donors (Lipinski definition) is 3. The maximum absolute atomic E-state index is 9.93. The molecule has 0 bridgehead atoms. The number of ether oxygens (including phenoxy) is 2. The predicted octanol–water partition coefficient (Wildman–Crippen LogP) is 0.776. The van der Waals surface area contributed by atoms with Crippen molar-refractivity contribution in [2.45, 2.75) is 25.0 Å². The molecule has 0 spiro atoms. The van der Waals surface area contributed by atoms with E-state index in [2.05, 4.69) is 10.6 Å². The number of methoxy groups -OCH3 is 1. The highest BCUT2D eigenvalue weighted by Crippen LogP contribution is 2.18. The summed E-state index contributed by atoms with van der Waals surface area (Å²) in [4.78, 5) is 0. The van der Waals surface area contributed by atoms with Crippen molar-refractivity contribution in [3.63, 3.8) is 0 Å². The summed E-state index contributed by atoms with van der Waals surface area (Å²) < 4.78 is 10.7. The Morgan fingerprint density at radius 3 is 2.85 bits per heavy atom. The highest BCUT2D eigenvalue weighted by molar-refractivity contribution is 5.32. The van der Waals surface area contributed by atoms with E-state index in [1.165, 1.54) is 0 Å². The van der Waals surface area contributed by atoms with E-state index in [1.54, 1.807) is 7.11 Å². The molecule has 1 heterocycles. The summed E-state index contributed by atoms with van der Waals surface area (Å²) in [5, 5.41) is 16.6. The Hall–Kier alpha value is -1.30. The molecule has 0 saturated carbocycles. The van der Waals surface area contributed by atoms with Crippen molar-refractivity contribution < 1.29 is 14.6 Å². The normalized spacial score (nSPS) is 17.7. The van der Waals surface area contributed by atoms with E-state index in [4.69, 9.17) is 9.47 Å². The summed E-state index contributed by atoms with van der Waals surface area (Å²) in [6, 6.07) is 7.90. The molecule has 1 saturated heterocycles. The number of aliphatic hydroxyl groups is 1. The lowest BCUT2D eigenvalue weighted by Gasteiger charge is -2.25. The van der Waals surface area contributed by atoms with E-state index in [0.29, 0.717) is 18.3 Å². The van der Waals surface area contributed by atoms with Crippen molar-refractivity contribution in [3.05, 3.63) is 24.3 Å². The Labute approximate surface area is 120 Å². The molecule has 1 fully saturated rings. The summed E-state index contributed by atoms with van der Waals surface area (Å²) >= 11 is 0. The SMILES string of the molecule is COc1cccc(OCC(O)CNC2CCNCC2)c1. The summed E-state index contributed by atoms with van der Waals surface area (Å²) in [7, 11) is 1.62. The van der Waals surface area contributed by atoms with Crippen LogP contribution in [0.1, 0.15) is 12.8 Å². The van der Waals surface area contributed by atoms with Crippen LogP contribution in [0.2, 0.25) is 0 Å². The van der Waals surface area contributed by atoms with Gasteiger partial charge in [0.1, 0.15) is 24.2 Å². The van der Waals surface area contributed by atoms with Gasteiger partial charge in [-0.25, -0.2) is 0 Å². The molecule has 0 aromatic heterocycles. The van der Waals surface area contributed by atoms with Gasteiger partial charge in [0.15, 0.2) is 0 Å². The molecular weight excluding hydrogens is 256 g/mol. The maximum Gasteiger partial charge on any atom is 0.123 e. The monoisotopic (exact) mass is 280 g/mol. The van der Waals surface area contributed by atoms with Crippen LogP contribution in [-0.2, 0) is 0 Å². The zero-order chi connectivity index (χ0) is 14.2. The highest BCUT2D eigenvalue weighted by Gasteiger charge is 2.14. The van der Waals surface area contributed by atoms with Gasteiger partial charge in [0.2, 0.25) is 0 Å². The Balaban J connectivity index is 1.67. The fourth-order valence-electron chi connectivity index (χ4n) is 2.27. The van der Waals surface area contributed by atoms with Crippen LogP contribution in [0.5, 0.6) is 11.5 Å². The lowest BCUT2D eigenvalue weighted by Crippen LogP contribution is -2.43. The first kappa shape index (κ1) is 15.1. The van der Waals surface area contributed by atoms with Crippen molar-refractivity contribution in [1.82, 2.24) is 10.6 Å². The smallest absolute Gasteiger partial charge is 0.123 e. The Bertz CT molecular complexity index is 394. The topological polar surface area (TPSA) is 62.8 Å². The second-order valence-electron chi connectivity index (χ2n) is 5.08. The molecule has 1 aromatic rings. The van der Waals surface area contributed by atoms with Crippen LogP contribution < -0.4 is 20.1 Å². The minimum atomic E-state index is -0.504. The Kier molecular flexibility index (Phi) is 6.11. The molecule has 1 aromatic carbocycles. The summed E-state index contributed by atoms with van der Waals surface area (Å²) in [6.45, 7) is 2.95.